The molecule has 6 heteroatoms. The third kappa shape index (κ3) is 4.39. The van der Waals surface area contributed by atoms with Crippen LogP contribution < -0.4 is 5.32 Å². The Hall–Kier alpha value is -2.21. The molecule has 1 aliphatic heterocycles. The first-order valence-corrected chi connectivity index (χ1v) is 8.16. The lowest BCUT2D eigenvalue weighted by molar-refractivity contribution is -0.119. The number of nitrogens with zero attached hydrogens (tertiary/aromatic N) is 4. The first kappa shape index (κ1) is 15.7. The van der Waals surface area contributed by atoms with E-state index in [9.17, 15) is 4.79 Å². The molecule has 1 N–H and O–H groups in total. The number of rotatable bonds is 7. The zero-order chi connectivity index (χ0) is 16.1. The highest BCUT2D eigenvalue weighted by Crippen LogP contribution is 2.13. The van der Waals surface area contributed by atoms with Crippen LogP contribution in [0.4, 0.5) is 0 Å². The molecular formula is C17H23N5O. The predicted molar refractivity (Wildman–Crippen MR) is 87.4 cm³/mol. The first-order chi connectivity index (χ1) is 11.2. The fourth-order valence-electron chi connectivity index (χ4n) is 2.95. The number of hydrogen-bond donors (Lipinski definition) is 1. The molecule has 23 heavy (non-hydrogen) atoms. The van der Waals surface area contributed by atoms with Gasteiger partial charge in [0.25, 0.3) is 0 Å². The maximum absolute atomic E-state index is 11.4. The normalized spacial score (nSPS) is 17.7. The summed E-state index contributed by atoms with van der Waals surface area (Å²) in [6, 6.07) is 6.36. The standard InChI is InChI=1S/C17H23N5O/c1-2-22-10-7-16(20-22)13-21(11-14-5-8-18-9-6-14)12-15-3-4-17(23)19-15/h5-10,15H,2-4,11-13H2,1H3,(H,19,23)/t15-/m0/s1. The van der Waals surface area contributed by atoms with Gasteiger partial charge in [-0.1, -0.05) is 0 Å². The smallest absolute Gasteiger partial charge is 0.220 e. The molecule has 3 rings (SSSR count). The predicted octanol–water partition coefficient (Wildman–Crippen LogP) is 1.58. The highest BCUT2D eigenvalue weighted by molar-refractivity contribution is 5.78. The molecule has 0 unspecified atom stereocenters. The topological polar surface area (TPSA) is 63.1 Å². The van der Waals surface area contributed by atoms with Gasteiger partial charge in [0, 0.05) is 57.2 Å². The lowest BCUT2D eigenvalue weighted by atomic mass is 10.2. The van der Waals surface area contributed by atoms with Crippen molar-refractivity contribution in [2.24, 2.45) is 0 Å². The van der Waals surface area contributed by atoms with Crippen molar-refractivity contribution in [3.05, 3.63) is 48.0 Å². The number of carbonyl (C=O) groups excluding carboxylic acids is 1. The van der Waals surface area contributed by atoms with Crippen LogP contribution in [0.25, 0.3) is 0 Å². The zero-order valence-corrected chi connectivity index (χ0v) is 13.5. The van der Waals surface area contributed by atoms with E-state index in [-0.39, 0.29) is 11.9 Å². The van der Waals surface area contributed by atoms with Crippen LogP contribution in [0.15, 0.2) is 36.8 Å². The highest BCUT2D eigenvalue weighted by Gasteiger charge is 2.23. The second-order valence-electron chi connectivity index (χ2n) is 5.99. The minimum Gasteiger partial charge on any atom is -0.352 e. The van der Waals surface area contributed by atoms with Gasteiger partial charge in [0.2, 0.25) is 5.91 Å². The van der Waals surface area contributed by atoms with Gasteiger partial charge >= 0.3 is 0 Å². The summed E-state index contributed by atoms with van der Waals surface area (Å²) < 4.78 is 1.94. The molecule has 0 spiro atoms. The zero-order valence-electron chi connectivity index (χ0n) is 13.5. The van der Waals surface area contributed by atoms with Crippen LogP contribution in [0.3, 0.4) is 0 Å². The Morgan fingerprint density at radius 2 is 2.13 bits per heavy atom. The van der Waals surface area contributed by atoms with Crippen molar-refractivity contribution in [3.63, 3.8) is 0 Å². The second-order valence-corrected chi connectivity index (χ2v) is 5.99. The van der Waals surface area contributed by atoms with Crippen molar-refractivity contribution in [1.82, 2.24) is 25.0 Å². The molecule has 2 aromatic rings. The van der Waals surface area contributed by atoms with E-state index in [0.29, 0.717) is 6.42 Å². The molecule has 6 nitrogen and oxygen atoms in total. The fraction of sp³-hybridized carbons (Fsp3) is 0.471. The third-order valence-corrected chi connectivity index (χ3v) is 4.12. The van der Waals surface area contributed by atoms with Crippen LogP contribution in [0.5, 0.6) is 0 Å². The Morgan fingerprint density at radius 1 is 1.30 bits per heavy atom. The average molecular weight is 313 g/mol. The third-order valence-electron chi connectivity index (χ3n) is 4.12. The molecule has 3 heterocycles. The Kier molecular flexibility index (Phi) is 5.02. The molecule has 1 atom stereocenters. The van der Waals surface area contributed by atoms with E-state index in [1.165, 1.54) is 5.56 Å². The number of hydrogen-bond acceptors (Lipinski definition) is 4. The van der Waals surface area contributed by atoms with Crippen molar-refractivity contribution < 1.29 is 4.79 Å². The minimum atomic E-state index is 0.161. The van der Waals surface area contributed by atoms with E-state index in [1.807, 2.05) is 35.4 Å². The summed E-state index contributed by atoms with van der Waals surface area (Å²) >= 11 is 0. The molecule has 2 aromatic heterocycles. The summed E-state index contributed by atoms with van der Waals surface area (Å²) in [6.07, 6.45) is 7.19. The molecule has 1 amide bonds. The molecule has 122 valence electrons. The molecule has 0 aromatic carbocycles. The lowest BCUT2D eigenvalue weighted by Crippen LogP contribution is -2.38. The summed E-state index contributed by atoms with van der Waals surface area (Å²) in [5, 5.41) is 7.63. The van der Waals surface area contributed by atoms with Crippen molar-refractivity contribution in [1.29, 1.82) is 0 Å². The Labute approximate surface area is 136 Å². The van der Waals surface area contributed by atoms with Crippen LogP contribution in [-0.2, 0) is 24.4 Å². The van der Waals surface area contributed by atoms with Gasteiger partial charge in [-0.25, -0.2) is 0 Å². The van der Waals surface area contributed by atoms with E-state index >= 15 is 0 Å². The fourth-order valence-corrected chi connectivity index (χ4v) is 2.95. The number of amides is 1. The average Bonchev–Trinajstić information content (AvgIpc) is 3.17. The van der Waals surface area contributed by atoms with Crippen molar-refractivity contribution in [2.75, 3.05) is 6.54 Å². The molecule has 1 aliphatic rings. The van der Waals surface area contributed by atoms with Crippen LogP contribution in [-0.4, -0.2) is 38.2 Å². The van der Waals surface area contributed by atoms with E-state index in [0.717, 1.165) is 38.3 Å². The summed E-state index contributed by atoms with van der Waals surface area (Å²) in [4.78, 5) is 17.9. The minimum absolute atomic E-state index is 0.161. The van der Waals surface area contributed by atoms with Gasteiger partial charge in [0.1, 0.15) is 0 Å². The molecule has 1 saturated heterocycles. The van der Waals surface area contributed by atoms with Gasteiger partial charge in [0.05, 0.1) is 5.69 Å². The van der Waals surface area contributed by atoms with E-state index < -0.39 is 0 Å². The number of nitrogens with one attached hydrogen (secondary N) is 1. The van der Waals surface area contributed by atoms with Crippen molar-refractivity contribution in [3.8, 4) is 0 Å². The number of aryl methyl sites for hydroxylation is 1. The second kappa shape index (κ2) is 7.37. The van der Waals surface area contributed by atoms with Crippen LogP contribution >= 0.6 is 0 Å². The summed E-state index contributed by atoms with van der Waals surface area (Å²) in [5.74, 6) is 0.161. The molecule has 0 bridgehead atoms. The number of carbonyl (C=O) groups is 1. The van der Waals surface area contributed by atoms with Gasteiger partial charge in [-0.05, 0) is 37.1 Å². The van der Waals surface area contributed by atoms with Crippen LogP contribution in [0.1, 0.15) is 31.0 Å². The lowest BCUT2D eigenvalue weighted by Gasteiger charge is -2.24. The van der Waals surface area contributed by atoms with Gasteiger partial charge < -0.3 is 5.32 Å². The van der Waals surface area contributed by atoms with Gasteiger partial charge in [-0.2, -0.15) is 5.10 Å². The Morgan fingerprint density at radius 3 is 2.78 bits per heavy atom. The van der Waals surface area contributed by atoms with Crippen molar-refractivity contribution in [2.45, 2.75) is 45.4 Å². The number of aromatic nitrogens is 3. The van der Waals surface area contributed by atoms with E-state index in [2.05, 4.69) is 33.3 Å². The van der Waals surface area contributed by atoms with Gasteiger partial charge in [-0.15, -0.1) is 0 Å². The summed E-state index contributed by atoms with van der Waals surface area (Å²) in [7, 11) is 0. The maximum Gasteiger partial charge on any atom is 0.220 e. The van der Waals surface area contributed by atoms with E-state index in [1.54, 1.807) is 0 Å². The summed E-state index contributed by atoms with van der Waals surface area (Å²) in [5.41, 5.74) is 2.28. The summed E-state index contributed by atoms with van der Waals surface area (Å²) in [6.45, 7) is 5.41. The SMILES string of the molecule is CCn1ccc(CN(Cc2ccncc2)C[C@@H]2CCC(=O)N2)n1. The highest BCUT2D eigenvalue weighted by atomic mass is 16.1. The molecule has 0 aliphatic carbocycles. The van der Waals surface area contributed by atoms with Crippen LogP contribution in [0.2, 0.25) is 0 Å². The molecule has 0 radical (unpaired) electrons. The largest absolute Gasteiger partial charge is 0.352 e. The molecular weight excluding hydrogens is 290 g/mol. The molecule has 0 saturated carbocycles. The maximum atomic E-state index is 11.4. The number of pyridine rings is 1. The first-order valence-electron chi connectivity index (χ1n) is 8.16. The molecule has 1 fully saturated rings. The Bertz CT molecular complexity index is 639. The van der Waals surface area contributed by atoms with Gasteiger partial charge in [0.15, 0.2) is 0 Å². The van der Waals surface area contributed by atoms with Crippen LogP contribution in [0, 0.1) is 0 Å². The van der Waals surface area contributed by atoms with Crippen molar-refractivity contribution >= 4 is 5.91 Å². The quantitative estimate of drug-likeness (QED) is 0.843. The monoisotopic (exact) mass is 313 g/mol. The van der Waals surface area contributed by atoms with Gasteiger partial charge in [-0.3, -0.25) is 19.4 Å². The van der Waals surface area contributed by atoms with E-state index in [4.69, 9.17) is 0 Å². The Balaban J connectivity index is 1.68.